The summed E-state index contributed by atoms with van der Waals surface area (Å²) in [6, 6.07) is 31.5. The Kier molecular flexibility index (Phi) is 7.13. The number of nitrogens with zero attached hydrogens (tertiary/aromatic N) is 1. The van der Waals surface area contributed by atoms with Crippen LogP contribution < -0.4 is 19.1 Å². The Labute approximate surface area is 214 Å². The highest BCUT2D eigenvalue weighted by atomic mass is 16.5. The molecule has 1 unspecified atom stereocenters. The van der Waals surface area contributed by atoms with Gasteiger partial charge < -0.3 is 19.1 Å². The largest absolute Gasteiger partial charge is 0.497 e. The quantitative estimate of drug-likeness (QED) is 0.264. The van der Waals surface area contributed by atoms with Gasteiger partial charge in [0.25, 0.3) is 0 Å². The van der Waals surface area contributed by atoms with Crippen molar-refractivity contribution < 1.29 is 14.2 Å². The third-order valence-electron chi connectivity index (χ3n) is 7.03. The van der Waals surface area contributed by atoms with Crippen LogP contribution in [0.2, 0.25) is 0 Å². The molecule has 0 saturated heterocycles. The van der Waals surface area contributed by atoms with Gasteiger partial charge in [-0.2, -0.15) is 0 Å². The molecule has 36 heavy (non-hydrogen) atoms. The van der Waals surface area contributed by atoms with Crippen LogP contribution in [0.5, 0.6) is 17.2 Å². The van der Waals surface area contributed by atoms with Crippen molar-refractivity contribution in [3.05, 3.63) is 119 Å². The molecule has 4 nitrogen and oxygen atoms in total. The fraction of sp³-hybridized carbons (Fsp3) is 0.250. The van der Waals surface area contributed by atoms with Crippen molar-refractivity contribution in [1.29, 1.82) is 0 Å². The number of methoxy groups -OCH3 is 2. The lowest BCUT2D eigenvalue weighted by molar-refractivity contribution is 0.306. The minimum absolute atomic E-state index is 0.464. The molecule has 5 rings (SSSR count). The lowest BCUT2D eigenvalue weighted by Gasteiger charge is -2.24. The molecule has 0 spiro atoms. The minimum Gasteiger partial charge on any atom is -0.497 e. The summed E-state index contributed by atoms with van der Waals surface area (Å²) < 4.78 is 17.0. The van der Waals surface area contributed by atoms with Gasteiger partial charge in [0.15, 0.2) is 0 Å². The number of hydrogen-bond acceptors (Lipinski definition) is 4. The van der Waals surface area contributed by atoms with Crippen molar-refractivity contribution >= 4 is 5.69 Å². The summed E-state index contributed by atoms with van der Waals surface area (Å²) in [4.78, 5) is 2.33. The first-order chi connectivity index (χ1) is 17.6. The highest BCUT2D eigenvalue weighted by Gasteiger charge is 2.27. The van der Waals surface area contributed by atoms with Crippen molar-refractivity contribution in [3.63, 3.8) is 0 Å². The number of rotatable bonds is 9. The first-order valence-electron chi connectivity index (χ1n) is 12.4. The fourth-order valence-corrected chi connectivity index (χ4v) is 5.05. The lowest BCUT2D eigenvalue weighted by atomic mass is 9.96. The molecule has 4 aromatic rings. The molecular formula is C32H33NO3. The van der Waals surface area contributed by atoms with E-state index in [9.17, 15) is 0 Å². The average molecular weight is 480 g/mol. The summed E-state index contributed by atoms with van der Waals surface area (Å²) in [5, 5.41) is 0. The van der Waals surface area contributed by atoms with E-state index in [1.807, 2.05) is 18.2 Å². The van der Waals surface area contributed by atoms with E-state index in [2.05, 4.69) is 84.7 Å². The van der Waals surface area contributed by atoms with Crippen LogP contribution in [-0.4, -0.2) is 21.3 Å². The molecule has 4 aromatic carbocycles. The summed E-state index contributed by atoms with van der Waals surface area (Å²) in [5.74, 6) is 3.16. The van der Waals surface area contributed by atoms with E-state index in [1.54, 1.807) is 14.2 Å². The number of benzene rings is 4. The molecule has 0 fully saturated rings. The molecular weight excluding hydrogens is 446 g/mol. The molecule has 1 aliphatic rings. The van der Waals surface area contributed by atoms with E-state index >= 15 is 0 Å². The monoisotopic (exact) mass is 479 g/mol. The fourth-order valence-electron chi connectivity index (χ4n) is 5.05. The van der Waals surface area contributed by atoms with E-state index in [1.165, 1.54) is 33.5 Å². The van der Waals surface area contributed by atoms with E-state index < -0.39 is 0 Å². The molecule has 184 valence electrons. The van der Waals surface area contributed by atoms with E-state index in [0.717, 1.165) is 36.6 Å². The van der Waals surface area contributed by atoms with Crippen molar-refractivity contribution in [2.45, 2.75) is 31.9 Å². The van der Waals surface area contributed by atoms with Crippen LogP contribution in [0, 0.1) is 0 Å². The third kappa shape index (κ3) is 5.33. The minimum atomic E-state index is 0.464. The maximum absolute atomic E-state index is 5.96. The van der Waals surface area contributed by atoms with Crippen LogP contribution in [0.4, 0.5) is 5.69 Å². The summed E-state index contributed by atoms with van der Waals surface area (Å²) >= 11 is 0. The molecule has 1 aliphatic carbocycles. The molecule has 0 radical (unpaired) electrons. The van der Waals surface area contributed by atoms with Gasteiger partial charge in [-0.3, -0.25) is 0 Å². The van der Waals surface area contributed by atoms with Crippen LogP contribution in [0.15, 0.2) is 91.0 Å². The van der Waals surface area contributed by atoms with Crippen molar-refractivity contribution in [2.24, 2.45) is 0 Å². The Morgan fingerprint density at radius 3 is 2.11 bits per heavy atom. The molecule has 1 atom stereocenters. The smallest absolute Gasteiger partial charge is 0.121 e. The highest BCUT2D eigenvalue weighted by molar-refractivity contribution is 5.63. The molecule has 0 bridgehead atoms. The maximum atomic E-state index is 5.96. The standard InChI is InChI=1S/C32H33NO3/c1-33(21-23-9-13-29(14-10-23)36-22-24-7-5-4-6-8-24)32-20-30(35-3)18-27-17-26(19-31(27)32)25-11-15-28(34-2)16-12-25/h4-16,18,20,26H,17,19,21-22H2,1-3H3. The molecule has 0 heterocycles. The van der Waals surface area contributed by atoms with Crippen LogP contribution in [0.1, 0.15) is 33.7 Å². The van der Waals surface area contributed by atoms with Gasteiger partial charge in [0.2, 0.25) is 0 Å². The molecule has 0 saturated carbocycles. The Hall–Kier alpha value is -3.92. The SMILES string of the molecule is COc1ccc(C2Cc3cc(OC)cc(N(C)Cc4ccc(OCc5ccccc5)cc4)c3C2)cc1. The predicted octanol–water partition coefficient (Wildman–Crippen LogP) is 6.80. The maximum Gasteiger partial charge on any atom is 0.121 e. The van der Waals surface area contributed by atoms with Crippen LogP contribution in [0.3, 0.4) is 0 Å². The number of anilines is 1. The van der Waals surface area contributed by atoms with Gasteiger partial charge in [-0.1, -0.05) is 54.6 Å². The van der Waals surface area contributed by atoms with Crippen LogP contribution in [-0.2, 0) is 26.0 Å². The Morgan fingerprint density at radius 1 is 0.722 bits per heavy atom. The van der Waals surface area contributed by atoms with Crippen molar-refractivity contribution in [1.82, 2.24) is 0 Å². The summed E-state index contributed by atoms with van der Waals surface area (Å²) in [6.45, 7) is 1.39. The zero-order chi connectivity index (χ0) is 24.9. The van der Waals surface area contributed by atoms with E-state index in [0.29, 0.717) is 12.5 Å². The van der Waals surface area contributed by atoms with Gasteiger partial charge in [0.1, 0.15) is 23.9 Å². The topological polar surface area (TPSA) is 30.9 Å². The predicted molar refractivity (Wildman–Crippen MR) is 145 cm³/mol. The number of hydrogen-bond donors (Lipinski definition) is 0. The highest BCUT2D eigenvalue weighted by Crippen LogP contribution is 2.42. The Balaban J connectivity index is 1.29. The second-order valence-electron chi connectivity index (χ2n) is 9.44. The molecule has 0 aliphatic heterocycles. The van der Waals surface area contributed by atoms with Crippen molar-refractivity contribution in [2.75, 3.05) is 26.2 Å². The molecule has 0 N–H and O–H groups in total. The zero-order valence-electron chi connectivity index (χ0n) is 21.2. The van der Waals surface area contributed by atoms with Gasteiger partial charge in [-0.15, -0.1) is 0 Å². The number of ether oxygens (including phenoxy) is 3. The summed E-state index contributed by atoms with van der Waals surface area (Å²) in [6.07, 6.45) is 2.05. The zero-order valence-corrected chi connectivity index (χ0v) is 21.2. The third-order valence-corrected chi connectivity index (χ3v) is 7.03. The first kappa shape index (κ1) is 23.8. The van der Waals surface area contributed by atoms with Gasteiger partial charge in [-0.05, 0) is 76.9 Å². The van der Waals surface area contributed by atoms with E-state index in [4.69, 9.17) is 14.2 Å². The first-order valence-corrected chi connectivity index (χ1v) is 12.4. The lowest BCUT2D eigenvalue weighted by Crippen LogP contribution is -2.18. The van der Waals surface area contributed by atoms with Crippen LogP contribution >= 0.6 is 0 Å². The van der Waals surface area contributed by atoms with Gasteiger partial charge in [-0.25, -0.2) is 0 Å². The summed E-state index contributed by atoms with van der Waals surface area (Å²) in [5.41, 5.74) is 7.80. The van der Waals surface area contributed by atoms with Gasteiger partial charge in [0, 0.05) is 25.3 Å². The van der Waals surface area contributed by atoms with Crippen molar-refractivity contribution in [3.8, 4) is 17.2 Å². The Bertz CT molecular complexity index is 1280. The van der Waals surface area contributed by atoms with E-state index in [-0.39, 0.29) is 0 Å². The molecule has 0 aromatic heterocycles. The average Bonchev–Trinajstić information content (AvgIpc) is 3.37. The van der Waals surface area contributed by atoms with Gasteiger partial charge >= 0.3 is 0 Å². The van der Waals surface area contributed by atoms with Gasteiger partial charge in [0.05, 0.1) is 14.2 Å². The second-order valence-corrected chi connectivity index (χ2v) is 9.44. The molecule has 4 heteroatoms. The van der Waals surface area contributed by atoms with Crippen LogP contribution in [0.25, 0.3) is 0 Å². The second kappa shape index (κ2) is 10.8. The normalized spacial score (nSPS) is 14.2. The Morgan fingerprint density at radius 2 is 1.42 bits per heavy atom. The molecule has 0 amide bonds. The summed E-state index contributed by atoms with van der Waals surface area (Å²) in [7, 11) is 5.62. The number of fused-ring (bicyclic) bond motifs is 1.